The van der Waals surface area contributed by atoms with Crippen LogP contribution in [0.4, 0.5) is 0 Å². The van der Waals surface area contributed by atoms with Crippen molar-refractivity contribution < 1.29 is 19.4 Å². The molecule has 1 fully saturated rings. The number of carboxylic acid groups (broad SMARTS) is 1. The predicted molar refractivity (Wildman–Crippen MR) is 71.0 cm³/mol. The minimum absolute atomic E-state index is 0.0278. The van der Waals surface area contributed by atoms with Crippen LogP contribution in [0, 0.1) is 0 Å². The fourth-order valence-corrected chi connectivity index (χ4v) is 3.00. The Morgan fingerprint density at radius 1 is 1.53 bits per heavy atom. The van der Waals surface area contributed by atoms with Gasteiger partial charge in [0.15, 0.2) is 6.10 Å². The second kappa shape index (κ2) is 6.16. The van der Waals surface area contributed by atoms with E-state index in [1.807, 2.05) is 24.4 Å². The van der Waals surface area contributed by atoms with Crippen molar-refractivity contribution in [2.24, 2.45) is 0 Å². The number of amides is 1. The van der Waals surface area contributed by atoms with E-state index >= 15 is 0 Å². The van der Waals surface area contributed by atoms with Crippen molar-refractivity contribution in [2.75, 3.05) is 0 Å². The van der Waals surface area contributed by atoms with Gasteiger partial charge in [-0.1, -0.05) is 13.0 Å². The van der Waals surface area contributed by atoms with Gasteiger partial charge in [0.05, 0.1) is 6.04 Å². The summed E-state index contributed by atoms with van der Waals surface area (Å²) in [7, 11) is 0. The number of carboxylic acids is 1. The van der Waals surface area contributed by atoms with Crippen molar-refractivity contribution in [2.45, 2.75) is 44.4 Å². The van der Waals surface area contributed by atoms with Crippen LogP contribution in [0.1, 0.15) is 37.1 Å². The highest BCUT2D eigenvalue weighted by atomic mass is 32.1. The lowest BCUT2D eigenvalue weighted by Crippen LogP contribution is -2.37. The van der Waals surface area contributed by atoms with Gasteiger partial charge in [-0.05, 0) is 30.7 Å². The molecule has 2 heterocycles. The van der Waals surface area contributed by atoms with E-state index in [9.17, 15) is 9.59 Å². The minimum atomic E-state index is -0.999. The van der Waals surface area contributed by atoms with Crippen molar-refractivity contribution in [1.29, 1.82) is 0 Å². The lowest BCUT2D eigenvalue weighted by Gasteiger charge is -2.18. The Morgan fingerprint density at radius 2 is 2.26 bits per heavy atom. The van der Waals surface area contributed by atoms with E-state index in [2.05, 4.69) is 5.32 Å². The van der Waals surface area contributed by atoms with E-state index in [1.165, 1.54) is 0 Å². The Hall–Kier alpha value is -1.40. The Balaban J connectivity index is 1.92. The molecule has 1 aromatic heterocycles. The molecule has 1 aliphatic heterocycles. The summed E-state index contributed by atoms with van der Waals surface area (Å²) in [4.78, 5) is 23.9. The molecular formula is C13H17NO4S. The molecule has 3 unspecified atom stereocenters. The molecule has 0 aliphatic carbocycles. The summed E-state index contributed by atoms with van der Waals surface area (Å²) in [5.41, 5.74) is 0. The van der Waals surface area contributed by atoms with Gasteiger partial charge < -0.3 is 15.2 Å². The highest BCUT2D eigenvalue weighted by Crippen LogP contribution is 2.24. The largest absolute Gasteiger partial charge is 0.479 e. The zero-order valence-electron chi connectivity index (χ0n) is 10.7. The lowest BCUT2D eigenvalue weighted by atomic mass is 10.1. The number of carbonyl (C=O) groups excluding carboxylic acids is 1. The maximum Gasteiger partial charge on any atom is 0.332 e. The van der Waals surface area contributed by atoms with Crippen molar-refractivity contribution in [3.63, 3.8) is 0 Å². The van der Waals surface area contributed by atoms with Crippen molar-refractivity contribution in [1.82, 2.24) is 5.32 Å². The third-order valence-electron chi connectivity index (χ3n) is 3.20. The molecule has 0 radical (unpaired) electrons. The second-order valence-electron chi connectivity index (χ2n) is 4.51. The van der Waals surface area contributed by atoms with E-state index in [4.69, 9.17) is 9.84 Å². The first-order chi connectivity index (χ1) is 9.11. The van der Waals surface area contributed by atoms with E-state index in [0.717, 1.165) is 11.3 Å². The number of hydrogen-bond donors (Lipinski definition) is 2. The zero-order chi connectivity index (χ0) is 13.8. The van der Waals surface area contributed by atoms with Crippen molar-refractivity contribution in [3.05, 3.63) is 22.4 Å². The van der Waals surface area contributed by atoms with E-state index in [0.29, 0.717) is 12.8 Å². The molecular weight excluding hydrogens is 266 g/mol. The van der Waals surface area contributed by atoms with Gasteiger partial charge in [-0.25, -0.2) is 4.79 Å². The Morgan fingerprint density at radius 3 is 2.79 bits per heavy atom. The highest BCUT2D eigenvalue weighted by Gasteiger charge is 2.35. The maximum absolute atomic E-state index is 12.1. The van der Waals surface area contributed by atoms with Crippen LogP contribution in [-0.4, -0.2) is 29.2 Å². The van der Waals surface area contributed by atoms with Crippen LogP contribution in [-0.2, 0) is 14.3 Å². The first-order valence-electron chi connectivity index (χ1n) is 6.33. The van der Waals surface area contributed by atoms with Crippen LogP contribution in [0.15, 0.2) is 17.5 Å². The molecule has 2 rings (SSSR count). The molecule has 1 aromatic rings. The summed E-state index contributed by atoms with van der Waals surface area (Å²) < 4.78 is 5.24. The third kappa shape index (κ3) is 3.33. The molecule has 3 atom stereocenters. The number of hydrogen-bond acceptors (Lipinski definition) is 4. The topological polar surface area (TPSA) is 75.6 Å². The fourth-order valence-electron chi connectivity index (χ4n) is 2.14. The van der Waals surface area contributed by atoms with Gasteiger partial charge in [0, 0.05) is 4.88 Å². The zero-order valence-corrected chi connectivity index (χ0v) is 11.5. The van der Waals surface area contributed by atoms with Crippen LogP contribution in [0.5, 0.6) is 0 Å². The van der Waals surface area contributed by atoms with Gasteiger partial charge in [0.1, 0.15) is 6.10 Å². The number of carbonyl (C=O) groups is 2. The molecule has 6 heteroatoms. The molecule has 0 spiro atoms. The minimum Gasteiger partial charge on any atom is -0.479 e. The summed E-state index contributed by atoms with van der Waals surface area (Å²) in [6, 6.07) is 3.90. The number of aliphatic carboxylic acids is 1. The Labute approximate surface area is 115 Å². The lowest BCUT2D eigenvalue weighted by molar-refractivity contribution is -0.151. The Kier molecular flexibility index (Phi) is 4.55. The number of rotatable bonds is 5. The summed E-state index contributed by atoms with van der Waals surface area (Å²) in [5.74, 6) is -1.22. The smallest absolute Gasteiger partial charge is 0.332 e. The molecule has 5 nitrogen and oxygen atoms in total. The monoisotopic (exact) mass is 283 g/mol. The van der Waals surface area contributed by atoms with Gasteiger partial charge in [-0.2, -0.15) is 0 Å². The molecule has 1 aliphatic rings. The van der Waals surface area contributed by atoms with Gasteiger partial charge in [-0.15, -0.1) is 11.3 Å². The first-order valence-corrected chi connectivity index (χ1v) is 7.21. The first kappa shape index (κ1) is 14.0. The predicted octanol–water partition coefficient (Wildman–Crippen LogP) is 1.95. The molecule has 1 saturated heterocycles. The van der Waals surface area contributed by atoms with Gasteiger partial charge in [-0.3, -0.25) is 4.79 Å². The number of ether oxygens (including phenoxy) is 1. The average molecular weight is 283 g/mol. The molecule has 0 saturated carbocycles. The van der Waals surface area contributed by atoms with Crippen LogP contribution in [0.2, 0.25) is 0 Å². The molecule has 2 N–H and O–H groups in total. The van der Waals surface area contributed by atoms with Crippen LogP contribution >= 0.6 is 11.3 Å². The van der Waals surface area contributed by atoms with Crippen LogP contribution in [0.3, 0.4) is 0 Å². The number of nitrogens with one attached hydrogen (secondary N) is 1. The summed E-state index contributed by atoms with van der Waals surface area (Å²) in [6.07, 6.45) is 0.154. The summed E-state index contributed by atoms with van der Waals surface area (Å²) >= 11 is 1.60. The Bertz CT molecular complexity index is 446. The molecule has 19 heavy (non-hydrogen) atoms. The van der Waals surface area contributed by atoms with E-state index in [-0.39, 0.29) is 11.9 Å². The van der Waals surface area contributed by atoms with Gasteiger partial charge >= 0.3 is 5.97 Å². The highest BCUT2D eigenvalue weighted by molar-refractivity contribution is 7.10. The van der Waals surface area contributed by atoms with Crippen molar-refractivity contribution in [3.8, 4) is 0 Å². The second-order valence-corrected chi connectivity index (χ2v) is 5.49. The summed E-state index contributed by atoms with van der Waals surface area (Å²) in [5, 5.41) is 13.7. The van der Waals surface area contributed by atoms with Crippen LogP contribution < -0.4 is 5.32 Å². The maximum atomic E-state index is 12.1. The molecule has 0 bridgehead atoms. The van der Waals surface area contributed by atoms with Crippen molar-refractivity contribution >= 4 is 23.2 Å². The van der Waals surface area contributed by atoms with E-state index in [1.54, 1.807) is 11.3 Å². The molecule has 104 valence electrons. The molecule has 1 amide bonds. The number of thiophene rings is 1. The fraction of sp³-hybridized carbons (Fsp3) is 0.538. The van der Waals surface area contributed by atoms with E-state index < -0.39 is 18.2 Å². The average Bonchev–Trinajstić information content (AvgIpc) is 3.05. The summed E-state index contributed by atoms with van der Waals surface area (Å²) in [6.45, 7) is 2.00. The van der Waals surface area contributed by atoms with Gasteiger partial charge in [0.2, 0.25) is 5.91 Å². The normalized spacial score (nSPS) is 24.1. The SMILES string of the molecule is CCC(NC(=O)C1CCC(C(=O)O)O1)c1cccs1. The molecule has 0 aromatic carbocycles. The van der Waals surface area contributed by atoms with Gasteiger partial charge in [0.25, 0.3) is 0 Å². The standard InChI is InChI=1S/C13H17NO4S/c1-2-8(11-4-3-7-19-11)14-12(15)9-5-6-10(18-9)13(16)17/h3-4,7-10H,2,5-6H2,1H3,(H,14,15)(H,16,17). The van der Waals surface area contributed by atoms with Crippen LogP contribution in [0.25, 0.3) is 0 Å². The third-order valence-corrected chi connectivity index (χ3v) is 4.18. The quantitative estimate of drug-likeness (QED) is 0.866.